The summed E-state index contributed by atoms with van der Waals surface area (Å²) >= 11 is 0. The number of benzene rings is 2. The summed E-state index contributed by atoms with van der Waals surface area (Å²) in [7, 11) is 0. The van der Waals surface area contributed by atoms with E-state index in [4.69, 9.17) is 4.74 Å². The molecule has 0 radical (unpaired) electrons. The number of H-pyrrole nitrogens is 2. The maximum Gasteiger partial charge on any atom is 0.321 e. The summed E-state index contributed by atoms with van der Waals surface area (Å²) in [5.74, 6) is 1.74. The Labute approximate surface area is 232 Å². The van der Waals surface area contributed by atoms with E-state index in [2.05, 4.69) is 51.2 Å². The fraction of sp³-hybridized carbons (Fsp3) is 0.0714. The molecule has 0 atom stereocenters. The number of hydrogen-bond donors (Lipinski definition) is 6. The summed E-state index contributed by atoms with van der Waals surface area (Å²) < 4.78 is 6.04. The lowest BCUT2D eigenvalue weighted by Gasteiger charge is -2.05. The van der Waals surface area contributed by atoms with Gasteiger partial charge in [-0.05, 0) is 48.5 Å². The van der Waals surface area contributed by atoms with Crippen LogP contribution in [0.1, 0.15) is 11.4 Å². The van der Waals surface area contributed by atoms with Gasteiger partial charge in [0, 0.05) is 24.5 Å². The molecule has 0 fully saturated rings. The largest absolute Gasteiger partial charge is 0.457 e. The number of fused-ring (bicyclic) bond motifs is 2. The van der Waals surface area contributed by atoms with Crippen molar-refractivity contribution in [3.05, 3.63) is 96.6 Å². The summed E-state index contributed by atoms with van der Waals surface area (Å²) in [6.07, 6.45) is 3.34. The number of anilines is 2. The molecule has 0 aliphatic rings. The quantitative estimate of drug-likeness (QED) is 0.160. The van der Waals surface area contributed by atoms with E-state index in [-0.39, 0.29) is 0 Å². The van der Waals surface area contributed by atoms with Crippen molar-refractivity contribution in [1.82, 2.24) is 40.5 Å². The van der Waals surface area contributed by atoms with E-state index in [0.29, 0.717) is 58.6 Å². The Kier molecular flexibility index (Phi) is 7.04. The minimum absolute atomic E-state index is 0.294. The normalized spacial score (nSPS) is 10.8. The minimum Gasteiger partial charge on any atom is -0.457 e. The standard InChI is InChI=1S/C28H24N10O3/c39-27(31-15-17-5-1-3-11-29-17)37-25-33-21-9-7-19(13-23(21)35-25)41-20-8-10-22-24(14-20)36-26(34-22)38-28(40)32-16-18-6-2-4-12-30-18/h1-14H,15-16H2,(H3,31,33,35,37,39)(H3,32,34,36,38,40). The highest BCUT2D eigenvalue weighted by atomic mass is 16.5. The zero-order valence-electron chi connectivity index (χ0n) is 21.5. The molecule has 13 heteroatoms. The third-order valence-electron chi connectivity index (χ3n) is 5.92. The van der Waals surface area contributed by atoms with Crippen molar-refractivity contribution >= 4 is 46.0 Å². The number of hydrogen-bond acceptors (Lipinski definition) is 7. The van der Waals surface area contributed by atoms with Gasteiger partial charge in [-0.2, -0.15) is 0 Å². The van der Waals surface area contributed by atoms with Crippen LogP contribution >= 0.6 is 0 Å². The van der Waals surface area contributed by atoms with Crippen LogP contribution in [0.5, 0.6) is 11.5 Å². The van der Waals surface area contributed by atoms with Crippen LogP contribution in [0.15, 0.2) is 85.2 Å². The average Bonchev–Trinajstić information content (AvgIpc) is 3.58. The van der Waals surface area contributed by atoms with Crippen LogP contribution in [0.4, 0.5) is 21.5 Å². The Hall–Kier alpha value is -5.98. The van der Waals surface area contributed by atoms with Crippen LogP contribution in [0.25, 0.3) is 22.1 Å². The SMILES string of the molecule is O=C(NCc1ccccn1)Nc1nc2ccc(Oc3ccc4nc(NC(=O)NCc5ccccn5)[nH]c4c3)cc2[nH]1. The minimum atomic E-state index is -0.404. The molecule has 2 aromatic carbocycles. The van der Waals surface area contributed by atoms with Gasteiger partial charge in [0.2, 0.25) is 11.9 Å². The third-order valence-corrected chi connectivity index (χ3v) is 5.92. The molecule has 6 aromatic rings. The Morgan fingerprint density at radius 2 is 1.15 bits per heavy atom. The molecule has 4 amide bonds. The Bertz CT molecular complexity index is 1690. The highest BCUT2D eigenvalue weighted by Gasteiger charge is 2.11. The number of urea groups is 2. The maximum atomic E-state index is 12.3. The van der Waals surface area contributed by atoms with Gasteiger partial charge in [-0.15, -0.1) is 0 Å². The maximum absolute atomic E-state index is 12.3. The van der Waals surface area contributed by atoms with E-state index in [1.807, 2.05) is 36.4 Å². The van der Waals surface area contributed by atoms with Crippen molar-refractivity contribution < 1.29 is 14.3 Å². The fourth-order valence-electron chi connectivity index (χ4n) is 4.01. The van der Waals surface area contributed by atoms with Crippen LogP contribution in [0.3, 0.4) is 0 Å². The van der Waals surface area contributed by atoms with Crippen LogP contribution in [-0.4, -0.2) is 42.0 Å². The molecule has 0 aliphatic heterocycles. The molecule has 4 aromatic heterocycles. The second-order valence-corrected chi connectivity index (χ2v) is 8.89. The molecule has 0 spiro atoms. The predicted molar refractivity (Wildman–Crippen MR) is 152 cm³/mol. The smallest absolute Gasteiger partial charge is 0.321 e. The van der Waals surface area contributed by atoms with Crippen molar-refractivity contribution in [2.45, 2.75) is 13.1 Å². The van der Waals surface area contributed by atoms with E-state index in [0.717, 1.165) is 11.4 Å². The molecular formula is C28H24N10O3. The number of pyridine rings is 2. The van der Waals surface area contributed by atoms with Gasteiger partial charge in [-0.1, -0.05) is 12.1 Å². The second-order valence-electron chi connectivity index (χ2n) is 8.89. The monoisotopic (exact) mass is 548 g/mol. The van der Waals surface area contributed by atoms with Gasteiger partial charge in [-0.25, -0.2) is 19.6 Å². The van der Waals surface area contributed by atoms with E-state index in [1.54, 1.807) is 48.8 Å². The van der Waals surface area contributed by atoms with Crippen LogP contribution in [0, 0.1) is 0 Å². The highest BCUT2D eigenvalue weighted by molar-refractivity contribution is 5.91. The number of nitrogens with zero attached hydrogens (tertiary/aromatic N) is 4. The molecule has 0 unspecified atom stereocenters. The van der Waals surface area contributed by atoms with E-state index < -0.39 is 12.1 Å². The second kappa shape index (κ2) is 11.4. The molecule has 6 N–H and O–H groups in total. The summed E-state index contributed by atoms with van der Waals surface area (Å²) in [6, 6.07) is 20.9. The summed E-state index contributed by atoms with van der Waals surface area (Å²) in [5, 5.41) is 10.9. The van der Waals surface area contributed by atoms with Crippen molar-refractivity contribution in [2.75, 3.05) is 10.6 Å². The third kappa shape index (κ3) is 6.37. The van der Waals surface area contributed by atoms with E-state index in [1.165, 1.54) is 0 Å². The van der Waals surface area contributed by atoms with Gasteiger partial charge >= 0.3 is 12.1 Å². The Morgan fingerprint density at radius 3 is 1.59 bits per heavy atom. The molecule has 6 rings (SSSR count). The first-order valence-corrected chi connectivity index (χ1v) is 12.6. The zero-order valence-corrected chi connectivity index (χ0v) is 21.5. The molecule has 0 saturated carbocycles. The fourth-order valence-corrected chi connectivity index (χ4v) is 4.01. The summed E-state index contributed by atoms with van der Waals surface area (Å²) in [5.41, 5.74) is 4.20. The first-order valence-electron chi connectivity index (χ1n) is 12.6. The summed E-state index contributed by atoms with van der Waals surface area (Å²) in [6.45, 7) is 0.588. The Balaban J connectivity index is 1.06. The number of ether oxygens (including phenoxy) is 1. The number of amides is 4. The number of nitrogens with one attached hydrogen (secondary N) is 6. The lowest BCUT2D eigenvalue weighted by molar-refractivity contribution is 0.250. The molecule has 41 heavy (non-hydrogen) atoms. The van der Waals surface area contributed by atoms with Gasteiger partial charge in [-0.3, -0.25) is 20.6 Å². The molecule has 4 heterocycles. The number of rotatable bonds is 8. The lowest BCUT2D eigenvalue weighted by atomic mass is 10.3. The van der Waals surface area contributed by atoms with Crippen LogP contribution in [0.2, 0.25) is 0 Å². The topological polar surface area (TPSA) is 175 Å². The predicted octanol–water partition coefficient (Wildman–Crippen LogP) is 4.66. The molecule has 0 saturated heterocycles. The first kappa shape index (κ1) is 25.3. The number of carbonyl (C=O) groups excluding carboxylic acids is 2. The van der Waals surface area contributed by atoms with E-state index >= 15 is 0 Å². The molecular weight excluding hydrogens is 524 g/mol. The lowest BCUT2D eigenvalue weighted by Crippen LogP contribution is -2.28. The molecule has 204 valence electrons. The number of imidazole rings is 2. The Morgan fingerprint density at radius 1 is 0.659 bits per heavy atom. The van der Waals surface area contributed by atoms with Gasteiger partial charge in [0.25, 0.3) is 0 Å². The number of aromatic nitrogens is 6. The van der Waals surface area contributed by atoms with E-state index in [9.17, 15) is 9.59 Å². The van der Waals surface area contributed by atoms with Crippen LogP contribution in [-0.2, 0) is 13.1 Å². The van der Waals surface area contributed by atoms with Gasteiger partial charge in [0.05, 0.1) is 46.5 Å². The number of aromatic amines is 2. The van der Waals surface area contributed by atoms with Crippen molar-refractivity contribution in [3.63, 3.8) is 0 Å². The van der Waals surface area contributed by atoms with Crippen LogP contribution < -0.4 is 26.0 Å². The molecule has 0 aliphatic carbocycles. The molecule has 13 nitrogen and oxygen atoms in total. The first-order chi connectivity index (χ1) is 20.1. The number of carbonyl (C=O) groups is 2. The van der Waals surface area contributed by atoms with Gasteiger partial charge in [0.1, 0.15) is 11.5 Å². The summed E-state index contributed by atoms with van der Waals surface area (Å²) in [4.78, 5) is 47.8. The van der Waals surface area contributed by atoms with Gasteiger partial charge in [0.15, 0.2) is 0 Å². The average molecular weight is 549 g/mol. The highest BCUT2D eigenvalue weighted by Crippen LogP contribution is 2.28. The van der Waals surface area contributed by atoms with Gasteiger partial charge < -0.3 is 25.3 Å². The molecule has 0 bridgehead atoms. The zero-order chi connectivity index (χ0) is 28.0. The van der Waals surface area contributed by atoms with Crippen molar-refractivity contribution in [3.8, 4) is 11.5 Å². The van der Waals surface area contributed by atoms with Crippen molar-refractivity contribution in [1.29, 1.82) is 0 Å². The van der Waals surface area contributed by atoms with Crippen molar-refractivity contribution in [2.24, 2.45) is 0 Å².